The number of hydrogen-bond donors (Lipinski definition) is 1. The number of likely N-dealkylation sites (tertiary alicyclic amines) is 1. The number of benzene rings is 2. The van der Waals surface area contributed by atoms with Crippen LogP contribution in [0.1, 0.15) is 29.0 Å². The van der Waals surface area contributed by atoms with E-state index < -0.39 is 0 Å². The number of amides is 1. The number of piperidine rings is 1. The van der Waals surface area contributed by atoms with Crippen molar-refractivity contribution in [1.29, 1.82) is 0 Å². The lowest BCUT2D eigenvalue weighted by molar-refractivity contribution is 0.0685. The van der Waals surface area contributed by atoms with Crippen LogP contribution in [0.15, 0.2) is 67.1 Å². The molecular weight excluding hydrogens is 441 g/mol. The van der Waals surface area contributed by atoms with E-state index in [2.05, 4.69) is 19.5 Å². The Hall–Kier alpha value is -4.00. The molecule has 1 saturated heterocycles. The van der Waals surface area contributed by atoms with Crippen LogP contribution in [0.2, 0.25) is 0 Å². The summed E-state index contributed by atoms with van der Waals surface area (Å²) in [6.45, 7) is 4.44. The summed E-state index contributed by atoms with van der Waals surface area (Å²) in [5, 5.41) is 0.914. The number of fused-ring (bicyclic) bond motifs is 2. The van der Waals surface area contributed by atoms with Gasteiger partial charge in [0.15, 0.2) is 0 Å². The highest BCUT2D eigenvalue weighted by Crippen LogP contribution is 2.29. The molecule has 0 aliphatic carbocycles. The number of aromatic amines is 1. The predicted octanol–water partition coefficient (Wildman–Crippen LogP) is 5.58. The summed E-state index contributed by atoms with van der Waals surface area (Å²) in [5.41, 5.74) is 5.58. The number of imidazole rings is 1. The van der Waals surface area contributed by atoms with Crippen LogP contribution < -0.4 is 0 Å². The molecular formula is C28H26FN5O. The highest BCUT2D eigenvalue weighted by atomic mass is 19.1. The van der Waals surface area contributed by atoms with E-state index >= 15 is 0 Å². The zero-order valence-electron chi connectivity index (χ0n) is 19.5. The van der Waals surface area contributed by atoms with E-state index in [9.17, 15) is 9.18 Å². The summed E-state index contributed by atoms with van der Waals surface area (Å²) < 4.78 is 15.5. The van der Waals surface area contributed by atoms with Crippen LogP contribution in [0.4, 0.5) is 4.39 Å². The first-order chi connectivity index (χ1) is 17.1. The fraction of sp³-hybridized carbons (Fsp3) is 0.250. The van der Waals surface area contributed by atoms with Gasteiger partial charge in [0.2, 0.25) is 0 Å². The average molecular weight is 468 g/mol. The second-order valence-electron chi connectivity index (χ2n) is 9.34. The van der Waals surface area contributed by atoms with Crippen LogP contribution in [0.25, 0.3) is 33.1 Å². The molecule has 4 heterocycles. The van der Waals surface area contributed by atoms with Gasteiger partial charge in [-0.1, -0.05) is 24.3 Å². The molecule has 0 unspecified atom stereocenters. The summed E-state index contributed by atoms with van der Waals surface area (Å²) in [5.74, 6) is 1.33. The summed E-state index contributed by atoms with van der Waals surface area (Å²) in [4.78, 5) is 27.4. The van der Waals surface area contributed by atoms with Crippen molar-refractivity contribution in [2.45, 2.75) is 26.3 Å². The number of rotatable bonds is 4. The lowest BCUT2D eigenvalue weighted by Gasteiger charge is -2.32. The molecule has 1 aliphatic heterocycles. The van der Waals surface area contributed by atoms with Crippen LogP contribution in [-0.2, 0) is 6.54 Å². The second-order valence-corrected chi connectivity index (χ2v) is 9.34. The van der Waals surface area contributed by atoms with Crippen LogP contribution >= 0.6 is 0 Å². The number of nitrogens with one attached hydrogen (secondary N) is 1. The van der Waals surface area contributed by atoms with Gasteiger partial charge < -0.3 is 14.5 Å². The van der Waals surface area contributed by atoms with Crippen LogP contribution in [0.5, 0.6) is 0 Å². The van der Waals surface area contributed by atoms with Crippen molar-refractivity contribution in [2.75, 3.05) is 13.1 Å². The lowest BCUT2D eigenvalue weighted by atomic mass is 9.96. The van der Waals surface area contributed by atoms with Gasteiger partial charge in [-0.3, -0.25) is 9.78 Å². The van der Waals surface area contributed by atoms with E-state index in [0.717, 1.165) is 71.4 Å². The van der Waals surface area contributed by atoms with Crippen LogP contribution in [0, 0.1) is 18.7 Å². The first-order valence-electron chi connectivity index (χ1n) is 12.0. The molecule has 2 aromatic carbocycles. The smallest absolute Gasteiger partial charge is 0.256 e. The topological polar surface area (TPSA) is 66.8 Å². The van der Waals surface area contributed by atoms with Crippen molar-refractivity contribution in [3.8, 4) is 11.1 Å². The van der Waals surface area contributed by atoms with Crippen molar-refractivity contribution < 1.29 is 9.18 Å². The Morgan fingerprint density at radius 2 is 1.86 bits per heavy atom. The molecule has 6 nitrogen and oxygen atoms in total. The molecule has 0 atom stereocenters. The van der Waals surface area contributed by atoms with E-state index in [0.29, 0.717) is 11.5 Å². The average Bonchev–Trinajstić information content (AvgIpc) is 3.45. The van der Waals surface area contributed by atoms with Gasteiger partial charge in [0, 0.05) is 42.9 Å². The Kier molecular flexibility index (Phi) is 5.32. The number of hydrogen-bond acceptors (Lipinski definition) is 3. The van der Waals surface area contributed by atoms with Gasteiger partial charge in [-0.2, -0.15) is 0 Å². The third-order valence-electron chi connectivity index (χ3n) is 7.17. The van der Waals surface area contributed by atoms with E-state index in [1.165, 1.54) is 12.1 Å². The SMILES string of the molecule is Cc1nc2cnccc2n1CC1CCN(C(=O)c2c[nH]c3cc(-c4ccc(F)cc4)ccc23)CC1. The molecule has 1 aliphatic rings. The molecule has 6 rings (SSSR count). The van der Waals surface area contributed by atoms with Crippen molar-refractivity contribution in [2.24, 2.45) is 5.92 Å². The zero-order chi connectivity index (χ0) is 23.9. The monoisotopic (exact) mass is 467 g/mol. The van der Waals surface area contributed by atoms with E-state index in [-0.39, 0.29) is 11.7 Å². The van der Waals surface area contributed by atoms with Crippen molar-refractivity contribution in [1.82, 2.24) is 24.4 Å². The van der Waals surface area contributed by atoms with E-state index in [1.807, 2.05) is 54.7 Å². The first kappa shape index (κ1) is 21.5. The molecule has 1 amide bonds. The predicted molar refractivity (Wildman–Crippen MR) is 135 cm³/mol. The Morgan fingerprint density at radius 1 is 1.09 bits per heavy atom. The van der Waals surface area contributed by atoms with E-state index in [1.54, 1.807) is 12.1 Å². The fourth-order valence-corrected chi connectivity index (χ4v) is 5.20. The quantitative estimate of drug-likeness (QED) is 0.375. The summed E-state index contributed by atoms with van der Waals surface area (Å²) in [6, 6.07) is 14.4. The minimum Gasteiger partial charge on any atom is -0.360 e. The molecule has 1 fully saturated rings. The van der Waals surface area contributed by atoms with Gasteiger partial charge in [-0.05, 0) is 61.1 Å². The highest BCUT2D eigenvalue weighted by molar-refractivity contribution is 6.07. The molecule has 5 aromatic rings. The second kappa shape index (κ2) is 8.65. The third kappa shape index (κ3) is 3.97. The van der Waals surface area contributed by atoms with Crippen molar-refractivity contribution >= 4 is 27.8 Å². The number of halogens is 1. The maximum atomic E-state index is 13.4. The minimum atomic E-state index is -0.253. The Bertz CT molecular complexity index is 1530. The van der Waals surface area contributed by atoms with Gasteiger partial charge in [-0.25, -0.2) is 9.37 Å². The van der Waals surface area contributed by atoms with Gasteiger partial charge in [-0.15, -0.1) is 0 Å². The van der Waals surface area contributed by atoms with Crippen LogP contribution in [-0.4, -0.2) is 43.4 Å². The highest BCUT2D eigenvalue weighted by Gasteiger charge is 2.26. The molecule has 0 spiro atoms. The maximum Gasteiger partial charge on any atom is 0.256 e. The van der Waals surface area contributed by atoms with Gasteiger partial charge in [0.1, 0.15) is 17.2 Å². The Balaban J connectivity index is 1.15. The van der Waals surface area contributed by atoms with E-state index in [4.69, 9.17) is 0 Å². The number of pyridine rings is 1. The molecule has 0 saturated carbocycles. The van der Waals surface area contributed by atoms with Gasteiger partial charge in [0.05, 0.1) is 17.3 Å². The molecule has 1 N–H and O–H groups in total. The number of H-pyrrole nitrogens is 1. The molecule has 3 aromatic heterocycles. The number of aryl methyl sites for hydroxylation is 1. The Morgan fingerprint density at radius 3 is 2.66 bits per heavy atom. The molecule has 35 heavy (non-hydrogen) atoms. The summed E-state index contributed by atoms with van der Waals surface area (Å²) in [7, 11) is 0. The number of aromatic nitrogens is 4. The lowest BCUT2D eigenvalue weighted by Crippen LogP contribution is -2.39. The zero-order valence-corrected chi connectivity index (χ0v) is 19.5. The summed E-state index contributed by atoms with van der Waals surface area (Å²) in [6.07, 6.45) is 7.36. The molecule has 0 bridgehead atoms. The normalized spacial score (nSPS) is 14.7. The summed E-state index contributed by atoms with van der Waals surface area (Å²) >= 11 is 0. The van der Waals surface area contributed by atoms with Crippen molar-refractivity contribution in [3.05, 3.63) is 84.3 Å². The fourth-order valence-electron chi connectivity index (χ4n) is 5.20. The maximum absolute atomic E-state index is 13.4. The third-order valence-corrected chi connectivity index (χ3v) is 7.17. The standard InChI is InChI=1S/C28H26FN5O/c1-18-32-26-16-30-11-8-27(26)34(18)17-19-9-12-33(13-10-19)28(35)24-15-31-25-14-21(4-7-23(24)25)20-2-5-22(29)6-3-20/h2-8,11,14-16,19,31H,9-10,12-13,17H2,1H3. The number of carbonyl (C=O) groups is 1. The molecule has 7 heteroatoms. The van der Waals surface area contributed by atoms with Crippen LogP contribution in [0.3, 0.4) is 0 Å². The molecule has 0 radical (unpaired) electrons. The van der Waals surface area contributed by atoms with Crippen molar-refractivity contribution in [3.63, 3.8) is 0 Å². The minimum absolute atomic E-state index is 0.0690. The first-order valence-corrected chi connectivity index (χ1v) is 12.0. The largest absolute Gasteiger partial charge is 0.360 e. The molecule has 176 valence electrons. The number of carbonyl (C=O) groups excluding carboxylic acids is 1. The van der Waals surface area contributed by atoms with Gasteiger partial charge >= 0.3 is 0 Å². The van der Waals surface area contributed by atoms with Gasteiger partial charge in [0.25, 0.3) is 5.91 Å². The Labute approximate surface area is 202 Å². The number of nitrogens with zero attached hydrogens (tertiary/aromatic N) is 4.